The van der Waals surface area contributed by atoms with Crippen LogP contribution in [0.25, 0.3) is 10.9 Å². The molecule has 0 aliphatic heterocycles. The zero-order chi connectivity index (χ0) is 17.5. The van der Waals surface area contributed by atoms with Crippen LogP contribution >= 0.6 is 11.6 Å². The molecular formula is C21H24ClN3. The van der Waals surface area contributed by atoms with Gasteiger partial charge in [-0.05, 0) is 54.8 Å². The molecule has 3 nitrogen and oxygen atoms in total. The smallest absolute Gasteiger partial charge is 0.0737 e. The molecule has 0 aliphatic rings. The molecule has 0 saturated heterocycles. The normalized spacial score (nSPS) is 11.0. The lowest BCUT2D eigenvalue weighted by Crippen LogP contribution is -2.17. The van der Waals surface area contributed by atoms with Crippen molar-refractivity contribution in [3.8, 4) is 0 Å². The van der Waals surface area contributed by atoms with Gasteiger partial charge in [0.05, 0.1) is 5.52 Å². The molecule has 1 heterocycles. The number of hydrogen-bond acceptors (Lipinski definition) is 3. The first-order valence-corrected chi connectivity index (χ1v) is 9.21. The van der Waals surface area contributed by atoms with Crippen LogP contribution < -0.4 is 10.6 Å². The number of anilines is 1. The summed E-state index contributed by atoms with van der Waals surface area (Å²) < 4.78 is 0. The Bertz CT molecular complexity index is 815. The van der Waals surface area contributed by atoms with Gasteiger partial charge >= 0.3 is 0 Å². The third-order valence-electron chi connectivity index (χ3n) is 4.31. The van der Waals surface area contributed by atoms with E-state index < -0.39 is 0 Å². The fourth-order valence-corrected chi connectivity index (χ4v) is 3.00. The maximum absolute atomic E-state index is 6.03. The highest BCUT2D eigenvalue weighted by Crippen LogP contribution is 2.24. The van der Waals surface area contributed by atoms with Crippen molar-refractivity contribution in [1.29, 1.82) is 0 Å². The first-order valence-electron chi connectivity index (χ1n) is 8.83. The van der Waals surface area contributed by atoms with E-state index in [0.717, 1.165) is 49.1 Å². The van der Waals surface area contributed by atoms with E-state index in [2.05, 4.69) is 46.8 Å². The second kappa shape index (κ2) is 8.84. The van der Waals surface area contributed by atoms with Crippen molar-refractivity contribution in [2.24, 2.45) is 0 Å². The van der Waals surface area contributed by atoms with Gasteiger partial charge in [0, 0.05) is 35.4 Å². The van der Waals surface area contributed by atoms with Gasteiger partial charge in [-0.25, -0.2) is 0 Å². The molecule has 0 spiro atoms. The van der Waals surface area contributed by atoms with Crippen molar-refractivity contribution in [2.75, 3.05) is 18.4 Å². The summed E-state index contributed by atoms with van der Waals surface area (Å²) in [6.07, 6.45) is 3.97. The summed E-state index contributed by atoms with van der Waals surface area (Å²) in [7, 11) is 0. The zero-order valence-electron chi connectivity index (χ0n) is 14.6. The van der Waals surface area contributed by atoms with Gasteiger partial charge in [0.15, 0.2) is 0 Å². The number of pyridine rings is 1. The van der Waals surface area contributed by atoms with E-state index in [1.165, 1.54) is 11.1 Å². The van der Waals surface area contributed by atoms with Crippen molar-refractivity contribution in [2.45, 2.75) is 26.3 Å². The van der Waals surface area contributed by atoms with E-state index in [-0.39, 0.29) is 0 Å². The maximum Gasteiger partial charge on any atom is 0.0737 e. The van der Waals surface area contributed by atoms with E-state index in [1.54, 1.807) is 0 Å². The van der Waals surface area contributed by atoms with Crippen LogP contribution in [-0.4, -0.2) is 18.1 Å². The van der Waals surface area contributed by atoms with Crippen LogP contribution in [0.5, 0.6) is 0 Å². The first-order chi connectivity index (χ1) is 12.3. The van der Waals surface area contributed by atoms with Crippen molar-refractivity contribution >= 4 is 28.2 Å². The molecule has 4 heteroatoms. The molecule has 0 atom stereocenters. The fraction of sp³-hybridized carbons (Fsp3) is 0.286. The van der Waals surface area contributed by atoms with Crippen LogP contribution in [0.2, 0.25) is 5.02 Å². The average molecular weight is 354 g/mol. The molecule has 1 aromatic heterocycles. The number of aryl methyl sites for hydroxylation is 1. The number of hydrogen-bond donors (Lipinski definition) is 2. The Labute approximate surface area is 154 Å². The van der Waals surface area contributed by atoms with Gasteiger partial charge in [-0.2, -0.15) is 0 Å². The number of halogens is 1. The predicted octanol–water partition coefficient (Wildman–Crippen LogP) is 5.04. The van der Waals surface area contributed by atoms with E-state index in [1.807, 2.05) is 30.5 Å². The highest BCUT2D eigenvalue weighted by atomic mass is 35.5. The Balaban J connectivity index is 1.43. The number of fused-ring (bicyclic) bond motifs is 1. The van der Waals surface area contributed by atoms with Gasteiger partial charge in [-0.1, -0.05) is 42.8 Å². The Morgan fingerprint density at radius 3 is 2.56 bits per heavy atom. The van der Waals surface area contributed by atoms with Gasteiger partial charge in [-0.3, -0.25) is 4.98 Å². The highest BCUT2D eigenvalue weighted by Gasteiger charge is 2.02. The Morgan fingerprint density at radius 1 is 0.960 bits per heavy atom. The number of rotatable bonds is 8. The molecule has 0 aliphatic carbocycles. The molecule has 0 saturated carbocycles. The molecule has 0 unspecified atom stereocenters. The fourth-order valence-electron chi connectivity index (χ4n) is 2.84. The minimum absolute atomic E-state index is 0.716. The molecule has 25 heavy (non-hydrogen) atoms. The van der Waals surface area contributed by atoms with E-state index in [4.69, 9.17) is 11.6 Å². The summed E-state index contributed by atoms with van der Waals surface area (Å²) in [5, 5.41) is 8.82. The first kappa shape index (κ1) is 17.7. The molecule has 2 N–H and O–H groups in total. The lowest BCUT2D eigenvalue weighted by atomic mass is 10.1. The van der Waals surface area contributed by atoms with Crippen LogP contribution in [0.1, 0.15) is 24.5 Å². The number of nitrogens with zero attached hydrogens (tertiary/aromatic N) is 1. The van der Waals surface area contributed by atoms with Crippen LogP contribution in [0.4, 0.5) is 5.69 Å². The standard InChI is InChI=1S/C21H24ClN3/c1-2-16-4-6-17(7-5-16)15-23-11-3-12-24-20-10-13-25-21-14-18(22)8-9-19(20)21/h4-10,13-14,23H,2-3,11-12,15H2,1H3,(H,24,25). The second-order valence-corrected chi connectivity index (χ2v) is 6.58. The number of nitrogens with one attached hydrogen (secondary N) is 2. The number of benzene rings is 2. The third kappa shape index (κ3) is 4.94. The Hall–Kier alpha value is -2.10. The van der Waals surface area contributed by atoms with Crippen molar-refractivity contribution in [1.82, 2.24) is 10.3 Å². The summed E-state index contributed by atoms with van der Waals surface area (Å²) >= 11 is 6.03. The Morgan fingerprint density at radius 2 is 1.76 bits per heavy atom. The summed E-state index contributed by atoms with van der Waals surface area (Å²) in [5.41, 5.74) is 4.75. The maximum atomic E-state index is 6.03. The topological polar surface area (TPSA) is 37.0 Å². The van der Waals surface area contributed by atoms with E-state index >= 15 is 0 Å². The summed E-state index contributed by atoms with van der Waals surface area (Å²) in [6.45, 7) is 5.00. The van der Waals surface area contributed by atoms with Gasteiger partial charge in [-0.15, -0.1) is 0 Å². The van der Waals surface area contributed by atoms with Gasteiger partial charge in [0.1, 0.15) is 0 Å². The minimum atomic E-state index is 0.716. The summed E-state index contributed by atoms with van der Waals surface area (Å²) in [4.78, 5) is 4.37. The third-order valence-corrected chi connectivity index (χ3v) is 4.55. The lowest BCUT2D eigenvalue weighted by molar-refractivity contribution is 0.663. The molecule has 0 fully saturated rings. The minimum Gasteiger partial charge on any atom is -0.384 e. The monoisotopic (exact) mass is 353 g/mol. The SMILES string of the molecule is CCc1ccc(CNCCCNc2ccnc3cc(Cl)ccc23)cc1. The lowest BCUT2D eigenvalue weighted by Gasteiger charge is -2.10. The second-order valence-electron chi connectivity index (χ2n) is 6.15. The number of aromatic nitrogens is 1. The molecule has 2 aromatic carbocycles. The molecule has 3 aromatic rings. The van der Waals surface area contributed by atoms with E-state index in [9.17, 15) is 0 Å². The molecule has 0 amide bonds. The molecular weight excluding hydrogens is 330 g/mol. The van der Waals surface area contributed by atoms with Crippen LogP contribution in [-0.2, 0) is 13.0 Å². The van der Waals surface area contributed by atoms with Crippen LogP contribution in [0, 0.1) is 0 Å². The molecule has 0 radical (unpaired) electrons. The molecule has 0 bridgehead atoms. The van der Waals surface area contributed by atoms with Crippen molar-refractivity contribution in [3.05, 3.63) is 70.9 Å². The van der Waals surface area contributed by atoms with E-state index in [0.29, 0.717) is 5.02 Å². The summed E-state index contributed by atoms with van der Waals surface area (Å²) in [6, 6.07) is 16.7. The van der Waals surface area contributed by atoms with Gasteiger partial charge in [0.25, 0.3) is 0 Å². The van der Waals surface area contributed by atoms with Gasteiger partial charge < -0.3 is 10.6 Å². The zero-order valence-corrected chi connectivity index (χ0v) is 15.3. The van der Waals surface area contributed by atoms with Crippen molar-refractivity contribution in [3.63, 3.8) is 0 Å². The molecule has 3 rings (SSSR count). The van der Waals surface area contributed by atoms with Crippen LogP contribution in [0.3, 0.4) is 0 Å². The quantitative estimate of drug-likeness (QED) is 0.557. The largest absolute Gasteiger partial charge is 0.384 e. The predicted molar refractivity (Wildman–Crippen MR) is 107 cm³/mol. The van der Waals surface area contributed by atoms with Crippen molar-refractivity contribution < 1.29 is 0 Å². The van der Waals surface area contributed by atoms with Crippen LogP contribution in [0.15, 0.2) is 54.7 Å². The average Bonchev–Trinajstić information content (AvgIpc) is 2.64. The molecule has 130 valence electrons. The highest BCUT2D eigenvalue weighted by molar-refractivity contribution is 6.31. The summed E-state index contributed by atoms with van der Waals surface area (Å²) in [5.74, 6) is 0. The van der Waals surface area contributed by atoms with Gasteiger partial charge in [0.2, 0.25) is 0 Å². The Kier molecular flexibility index (Phi) is 6.26.